The standard InChI is InChI=1S/C19H19NO8/c1-10(21)27-16-17(24)19(2,11-7-12(25-3)9-13(8-11)26-4)28-18(16)20-14(22)5-6-15(20)23/h7-9H,5-6H2,1-4H3. The summed E-state index contributed by atoms with van der Waals surface area (Å²) in [6, 6.07) is 4.73. The van der Waals surface area contributed by atoms with Crippen molar-refractivity contribution in [2.75, 3.05) is 14.2 Å². The van der Waals surface area contributed by atoms with E-state index in [4.69, 9.17) is 18.9 Å². The van der Waals surface area contributed by atoms with Crippen LogP contribution in [-0.4, -0.2) is 42.7 Å². The zero-order chi connectivity index (χ0) is 20.6. The van der Waals surface area contributed by atoms with E-state index in [9.17, 15) is 19.2 Å². The molecule has 2 amide bonds. The summed E-state index contributed by atoms with van der Waals surface area (Å²) in [4.78, 5) is 49.7. The third-order valence-corrected chi connectivity index (χ3v) is 4.54. The molecule has 3 rings (SSSR count). The van der Waals surface area contributed by atoms with Crippen LogP contribution in [0.4, 0.5) is 0 Å². The van der Waals surface area contributed by atoms with E-state index < -0.39 is 34.9 Å². The van der Waals surface area contributed by atoms with Gasteiger partial charge in [-0.2, -0.15) is 0 Å². The Morgan fingerprint density at radius 1 is 1.04 bits per heavy atom. The number of carbonyl (C=O) groups is 4. The average molecular weight is 389 g/mol. The van der Waals surface area contributed by atoms with Gasteiger partial charge >= 0.3 is 5.97 Å². The van der Waals surface area contributed by atoms with Crippen LogP contribution >= 0.6 is 0 Å². The number of hydrogen-bond donors (Lipinski definition) is 0. The molecule has 0 aliphatic carbocycles. The van der Waals surface area contributed by atoms with E-state index in [1.54, 1.807) is 18.2 Å². The smallest absolute Gasteiger partial charge is 0.308 e. The Bertz CT molecular complexity index is 880. The number of nitrogens with zero attached hydrogens (tertiary/aromatic N) is 1. The molecule has 28 heavy (non-hydrogen) atoms. The molecule has 148 valence electrons. The molecule has 2 aliphatic heterocycles. The number of Topliss-reactive ketones (excluding diaryl/α,β-unsaturated/α-hetero) is 1. The van der Waals surface area contributed by atoms with E-state index >= 15 is 0 Å². The second kappa shape index (κ2) is 6.99. The molecule has 1 saturated heterocycles. The molecule has 9 heteroatoms. The Morgan fingerprint density at radius 3 is 2.04 bits per heavy atom. The molecular formula is C19H19NO8. The van der Waals surface area contributed by atoms with Gasteiger partial charge in [0.15, 0.2) is 5.60 Å². The van der Waals surface area contributed by atoms with Gasteiger partial charge < -0.3 is 18.9 Å². The van der Waals surface area contributed by atoms with Crippen LogP contribution in [0.25, 0.3) is 0 Å². The second-order valence-corrected chi connectivity index (χ2v) is 6.42. The highest BCUT2D eigenvalue weighted by atomic mass is 16.6. The molecule has 0 aromatic heterocycles. The molecule has 0 spiro atoms. The molecule has 0 N–H and O–H groups in total. The largest absolute Gasteiger partial charge is 0.497 e. The van der Waals surface area contributed by atoms with Gasteiger partial charge in [0.1, 0.15) is 11.5 Å². The molecule has 2 aliphatic rings. The number of carbonyl (C=O) groups excluding carboxylic acids is 4. The van der Waals surface area contributed by atoms with Crippen molar-refractivity contribution in [2.45, 2.75) is 32.3 Å². The van der Waals surface area contributed by atoms with Gasteiger partial charge in [-0.3, -0.25) is 19.2 Å². The van der Waals surface area contributed by atoms with Gasteiger partial charge in [-0.1, -0.05) is 0 Å². The Balaban J connectivity index is 2.11. The minimum Gasteiger partial charge on any atom is -0.497 e. The monoisotopic (exact) mass is 389 g/mol. The second-order valence-electron chi connectivity index (χ2n) is 6.42. The Morgan fingerprint density at radius 2 is 1.57 bits per heavy atom. The summed E-state index contributed by atoms with van der Waals surface area (Å²) in [6.07, 6.45) is -0.0339. The van der Waals surface area contributed by atoms with Gasteiger partial charge in [0.25, 0.3) is 11.7 Å². The minimum atomic E-state index is -1.66. The lowest BCUT2D eigenvalue weighted by Crippen LogP contribution is -2.34. The molecule has 0 radical (unpaired) electrons. The lowest BCUT2D eigenvalue weighted by atomic mass is 9.91. The van der Waals surface area contributed by atoms with E-state index in [0.717, 1.165) is 11.8 Å². The van der Waals surface area contributed by atoms with Gasteiger partial charge in [0, 0.05) is 31.4 Å². The number of ketones is 1. The lowest BCUT2D eigenvalue weighted by Gasteiger charge is -2.26. The van der Waals surface area contributed by atoms with Crippen LogP contribution < -0.4 is 9.47 Å². The van der Waals surface area contributed by atoms with Crippen LogP contribution in [0, 0.1) is 0 Å². The molecule has 1 aromatic carbocycles. The van der Waals surface area contributed by atoms with Crippen molar-refractivity contribution >= 4 is 23.6 Å². The highest BCUT2D eigenvalue weighted by Crippen LogP contribution is 2.43. The number of imide groups is 1. The molecule has 1 unspecified atom stereocenters. The van der Waals surface area contributed by atoms with Crippen molar-refractivity contribution in [3.63, 3.8) is 0 Å². The third kappa shape index (κ3) is 3.08. The number of esters is 1. The lowest BCUT2D eigenvalue weighted by molar-refractivity contribution is -0.144. The van der Waals surface area contributed by atoms with E-state index in [1.807, 2.05) is 0 Å². The van der Waals surface area contributed by atoms with E-state index in [2.05, 4.69) is 0 Å². The summed E-state index contributed by atoms with van der Waals surface area (Å²) in [5, 5.41) is 0. The summed E-state index contributed by atoms with van der Waals surface area (Å²) >= 11 is 0. The maximum absolute atomic E-state index is 13.2. The van der Waals surface area contributed by atoms with Gasteiger partial charge in [-0.05, 0) is 19.1 Å². The molecule has 1 aromatic rings. The highest BCUT2D eigenvalue weighted by Gasteiger charge is 2.53. The number of amides is 2. The fourth-order valence-electron chi connectivity index (χ4n) is 3.06. The molecule has 1 fully saturated rings. The fourth-order valence-corrected chi connectivity index (χ4v) is 3.06. The summed E-state index contributed by atoms with van der Waals surface area (Å²) in [7, 11) is 2.90. The van der Waals surface area contributed by atoms with Gasteiger partial charge in [0.2, 0.25) is 17.6 Å². The number of benzene rings is 1. The highest BCUT2D eigenvalue weighted by molar-refractivity contribution is 6.09. The predicted molar refractivity (Wildman–Crippen MR) is 92.9 cm³/mol. The van der Waals surface area contributed by atoms with Gasteiger partial charge in [0.05, 0.1) is 14.2 Å². The molecule has 9 nitrogen and oxygen atoms in total. The normalized spacial score (nSPS) is 21.9. The van der Waals surface area contributed by atoms with E-state index in [0.29, 0.717) is 17.1 Å². The van der Waals surface area contributed by atoms with Crippen LogP contribution in [-0.2, 0) is 34.3 Å². The SMILES string of the molecule is COc1cc(OC)cc(C2(C)OC(N3C(=O)CCC3=O)=C(OC(C)=O)C2=O)c1. The quantitative estimate of drug-likeness (QED) is 0.549. The zero-order valence-corrected chi connectivity index (χ0v) is 15.9. The first-order valence-corrected chi connectivity index (χ1v) is 8.47. The van der Waals surface area contributed by atoms with Crippen LogP contribution in [0.1, 0.15) is 32.3 Å². The van der Waals surface area contributed by atoms with Gasteiger partial charge in [-0.25, -0.2) is 4.90 Å². The summed E-state index contributed by atoms with van der Waals surface area (Å²) < 4.78 is 21.3. The van der Waals surface area contributed by atoms with Crippen LogP contribution in [0.3, 0.4) is 0 Å². The van der Waals surface area contributed by atoms with Crippen molar-refractivity contribution in [1.82, 2.24) is 4.90 Å². The number of ether oxygens (including phenoxy) is 4. The van der Waals surface area contributed by atoms with Crippen molar-refractivity contribution in [2.24, 2.45) is 0 Å². The predicted octanol–water partition coefficient (Wildman–Crippen LogP) is 1.40. The summed E-state index contributed by atoms with van der Waals surface area (Å²) in [5.41, 5.74) is -1.32. The molecule has 1 atom stereocenters. The van der Waals surface area contributed by atoms with Crippen molar-refractivity contribution in [1.29, 1.82) is 0 Å². The molecule has 2 heterocycles. The number of hydrogen-bond acceptors (Lipinski definition) is 8. The Kier molecular flexibility index (Phi) is 4.84. The van der Waals surface area contributed by atoms with Crippen LogP contribution in [0.2, 0.25) is 0 Å². The van der Waals surface area contributed by atoms with Crippen molar-refractivity contribution in [3.8, 4) is 11.5 Å². The molecule has 0 saturated carbocycles. The number of methoxy groups -OCH3 is 2. The van der Waals surface area contributed by atoms with Gasteiger partial charge in [-0.15, -0.1) is 0 Å². The van der Waals surface area contributed by atoms with Crippen LogP contribution in [0.15, 0.2) is 29.8 Å². The minimum absolute atomic E-state index is 0.0169. The third-order valence-electron chi connectivity index (χ3n) is 4.54. The zero-order valence-electron chi connectivity index (χ0n) is 15.9. The molecular weight excluding hydrogens is 370 g/mol. The van der Waals surface area contributed by atoms with E-state index in [-0.39, 0.29) is 18.7 Å². The van der Waals surface area contributed by atoms with Crippen molar-refractivity contribution < 1.29 is 38.1 Å². The molecule has 0 bridgehead atoms. The summed E-state index contributed by atoms with van der Waals surface area (Å²) in [5.74, 6) is -2.62. The van der Waals surface area contributed by atoms with Crippen LogP contribution in [0.5, 0.6) is 11.5 Å². The Labute approximate surface area is 160 Å². The first kappa shape index (κ1) is 19.4. The Hall–Kier alpha value is -3.36. The summed E-state index contributed by atoms with van der Waals surface area (Å²) in [6.45, 7) is 2.56. The maximum atomic E-state index is 13.2. The first-order chi connectivity index (χ1) is 13.2. The van der Waals surface area contributed by atoms with E-state index in [1.165, 1.54) is 21.1 Å². The maximum Gasteiger partial charge on any atom is 0.308 e. The average Bonchev–Trinajstić information content (AvgIpc) is 3.12. The number of rotatable bonds is 5. The first-order valence-electron chi connectivity index (χ1n) is 8.47. The number of likely N-dealkylation sites (tertiary alicyclic amines) is 1. The van der Waals surface area contributed by atoms with Crippen molar-refractivity contribution in [3.05, 3.63) is 35.4 Å². The fraction of sp³-hybridized carbons (Fsp3) is 0.368. The topological polar surface area (TPSA) is 108 Å².